The van der Waals surface area contributed by atoms with Crippen LogP contribution >= 0.6 is 0 Å². The number of piperazine rings is 1. The Hall–Kier alpha value is -4.83. The van der Waals surface area contributed by atoms with Gasteiger partial charge in [-0.3, -0.25) is 14.7 Å². The molecule has 7 heterocycles. The Bertz CT molecular complexity index is 1740. The molecular weight excluding hydrogens is 585 g/mol. The minimum Gasteiger partial charge on any atom is -0.371 e. The summed E-state index contributed by atoms with van der Waals surface area (Å²) in [6, 6.07) is 11.8. The number of amides is 1. The van der Waals surface area contributed by atoms with Crippen molar-refractivity contribution in [2.24, 2.45) is 0 Å². The normalized spacial score (nSPS) is 19.0. The van der Waals surface area contributed by atoms with E-state index in [2.05, 4.69) is 42.3 Å². The first kappa shape index (κ1) is 29.9. The highest BCUT2D eigenvalue weighted by atomic mass is 19.1. The van der Waals surface area contributed by atoms with Crippen LogP contribution in [0.5, 0.6) is 0 Å². The Kier molecular flexibility index (Phi) is 8.61. The van der Waals surface area contributed by atoms with Crippen molar-refractivity contribution in [1.82, 2.24) is 34.4 Å². The molecule has 238 valence electrons. The van der Waals surface area contributed by atoms with Crippen molar-refractivity contribution in [1.29, 1.82) is 5.26 Å². The molecule has 0 radical (unpaired) electrons. The number of anilines is 3. The van der Waals surface area contributed by atoms with E-state index < -0.39 is 5.82 Å². The number of nitrogens with zero attached hydrogens (tertiary/aromatic N) is 10. The lowest BCUT2D eigenvalue weighted by Crippen LogP contribution is -2.47. The third-order valence-corrected chi connectivity index (χ3v) is 9.18. The van der Waals surface area contributed by atoms with E-state index in [4.69, 9.17) is 10.2 Å². The van der Waals surface area contributed by atoms with E-state index >= 15 is 4.39 Å². The summed E-state index contributed by atoms with van der Waals surface area (Å²) in [4.78, 5) is 35.0. The van der Waals surface area contributed by atoms with Crippen molar-refractivity contribution in [3.8, 4) is 17.5 Å². The molecule has 0 unspecified atom stereocenters. The number of rotatable bonds is 8. The number of pyridine rings is 2. The largest absolute Gasteiger partial charge is 0.371 e. The maximum absolute atomic E-state index is 16.4. The number of nitrogens with one attached hydrogen (secondary N) is 1. The summed E-state index contributed by atoms with van der Waals surface area (Å²) in [5.74, 6) is 0.0403. The predicted octanol–water partition coefficient (Wildman–Crippen LogP) is 3.56. The van der Waals surface area contributed by atoms with Crippen LogP contribution < -0.4 is 15.1 Å². The van der Waals surface area contributed by atoms with Crippen molar-refractivity contribution in [3.63, 3.8) is 0 Å². The Morgan fingerprint density at radius 3 is 2.70 bits per heavy atom. The van der Waals surface area contributed by atoms with Crippen LogP contribution in [0.25, 0.3) is 16.9 Å². The second-order valence-corrected chi connectivity index (χ2v) is 12.2. The fourth-order valence-corrected chi connectivity index (χ4v) is 6.73. The topological polar surface area (TPSA) is 122 Å². The van der Waals surface area contributed by atoms with Gasteiger partial charge in [0.2, 0.25) is 11.7 Å². The van der Waals surface area contributed by atoms with E-state index in [-0.39, 0.29) is 30.0 Å². The SMILES string of the molecule is N#CCC(=O)N1CCC[C@@H](Nc2nc(-c3cnn4ccccc34)nc(N3CCN(Cc4cc(N5CCCC5)ccn4)CC3)c2F)C1. The molecule has 13 heteroatoms. The Labute approximate surface area is 267 Å². The zero-order valence-electron chi connectivity index (χ0n) is 25.9. The summed E-state index contributed by atoms with van der Waals surface area (Å²) in [5.41, 5.74) is 3.81. The van der Waals surface area contributed by atoms with Crippen LogP contribution in [0.4, 0.5) is 21.7 Å². The Balaban J connectivity index is 1.12. The molecule has 0 bridgehead atoms. The van der Waals surface area contributed by atoms with Gasteiger partial charge in [-0.25, -0.2) is 14.5 Å². The second kappa shape index (κ2) is 13.3. The minimum atomic E-state index is -0.505. The van der Waals surface area contributed by atoms with Gasteiger partial charge in [0.25, 0.3) is 0 Å². The zero-order valence-corrected chi connectivity index (χ0v) is 25.9. The van der Waals surface area contributed by atoms with Crippen molar-refractivity contribution in [2.75, 3.05) is 67.5 Å². The van der Waals surface area contributed by atoms with Gasteiger partial charge in [0.1, 0.15) is 6.42 Å². The number of halogens is 1. The molecule has 4 aromatic heterocycles. The molecule has 3 fully saturated rings. The highest BCUT2D eigenvalue weighted by molar-refractivity contribution is 5.79. The number of aromatic nitrogens is 5. The molecule has 4 aromatic rings. The number of carbonyl (C=O) groups is 1. The Morgan fingerprint density at radius 1 is 1.02 bits per heavy atom. The maximum atomic E-state index is 16.4. The average molecular weight is 624 g/mol. The lowest BCUT2D eigenvalue weighted by atomic mass is 10.1. The summed E-state index contributed by atoms with van der Waals surface area (Å²) < 4.78 is 18.1. The number of hydrogen-bond donors (Lipinski definition) is 1. The molecule has 0 spiro atoms. The molecular formula is C33H38FN11O. The van der Waals surface area contributed by atoms with E-state index in [1.54, 1.807) is 15.6 Å². The third-order valence-electron chi connectivity index (χ3n) is 9.18. The van der Waals surface area contributed by atoms with Crippen LogP contribution in [0.2, 0.25) is 0 Å². The number of likely N-dealkylation sites (tertiary alicyclic amines) is 1. The van der Waals surface area contributed by atoms with Gasteiger partial charge < -0.3 is 20.0 Å². The predicted molar refractivity (Wildman–Crippen MR) is 173 cm³/mol. The molecule has 0 aliphatic carbocycles. The summed E-state index contributed by atoms with van der Waals surface area (Å²) in [6.45, 7) is 6.60. The van der Waals surface area contributed by atoms with E-state index in [1.165, 1.54) is 18.5 Å². The fraction of sp³-hybridized carbons (Fsp3) is 0.455. The Morgan fingerprint density at radius 2 is 1.87 bits per heavy atom. The van der Waals surface area contributed by atoms with Gasteiger partial charge in [-0.15, -0.1) is 0 Å². The number of hydrogen-bond acceptors (Lipinski definition) is 10. The van der Waals surface area contributed by atoms with Gasteiger partial charge in [0, 0.05) is 83.0 Å². The molecule has 12 nitrogen and oxygen atoms in total. The smallest absolute Gasteiger partial charge is 0.236 e. The van der Waals surface area contributed by atoms with Crippen LogP contribution in [0.3, 0.4) is 0 Å². The molecule has 1 amide bonds. The summed E-state index contributed by atoms with van der Waals surface area (Å²) in [5, 5.41) is 16.8. The lowest BCUT2D eigenvalue weighted by Gasteiger charge is -2.36. The standard InChI is InChI=1S/C33H38FN11O/c34-30-32(38-24-6-5-14-44(23-24)29(46)8-10-35)39-31(27-21-37-45-15-2-1-7-28(27)45)40-33(30)43-18-16-41(17-19-43)22-25-20-26(9-11-36-25)42-12-3-4-13-42/h1-2,7,9,11,15,20-21,24H,3-6,8,12-14,16-19,22-23H2,(H,38,39,40)/t24-/m1/s1. The first-order valence-corrected chi connectivity index (χ1v) is 16.1. The maximum Gasteiger partial charge on any atom is 0.236 e. The molecule has 46 heavy (non-hydrogen) atoms. The minimum absolute atomic E-state index is 0.111. The van der Waals surface area contributed by atoms with Crippen molar-refractivity contribution in [3.05, 3.63) is 60.4 Å². The monoisotopic (exact) mass is 623 g/mol. The summed E-state index contributed by atoms with van der Waals surface area (Å²) >= 11 is 0. The molecule has 3 saturated heterocycles. The van der Waals surface area contributed by atoms with Crippen LogP contribution in [0.1, 0.15) is 37.8 Å². The summed E-state index contributed by atoms with van der Waals surface area (Å²) in [7, 11) is 0. The lowest BCUT2D eigenvalue weighted by molar-refractivity contribution is -0.131. The highest BCUT2D eigenvalue weighted by Gasteiger charge is 2.29. The first-order valence-electron chi connectivity index (χ1n) is 16.1. The van der Waals surface area contributed by atoms with E-state index in [0.29, 0.717) is 37.6 Å². The number of fused-ring (bicyclic) bond motifs is 1. The van der Waals surface area contributed by atoms with Gasteiger partial charge in [0.15, 0.2) is 17.5 Å². The van der Waals surface area contributed by atoms with Gasteiger partial charge in [0.05, 0.1) is 29.0 Å². The van der Waals surface area contributed by atoms with Gasteiger partial charge in [-0.05, 0) is 49.9 Å². The van der Waals surface area contributed by atoms with Gasteiger partial charge in [-0.1, -0.05) is 6.07 Å². The molecule has 3 aliphatic rings. The molecule has 7 rings (SSSR count). The fourth-order valence-electron chi connectivity index (χ4n) is 6.73. The van der Waals surface area contributed by atoms with Crippen LogP contribution in [0.15, 0.2) is 48.9 Å². The van der Waals surface area contributed by atoms with E-state index in [0.717, 1.165) is 56.8 Å². The molecule has 3 aliphatic heterocycles. The molecule has 1 N–H and O–H groups in total. The zero-order chi connectivity index (χ0) is 31.5. The van der Waals surface area contributed by atoms with Crippen LogP contribution in [-0.4, -0.2) is 98.7 Å². The molecule has 0 aromatic carbocycles. The van der Waals surface area contributed by atoms with Crippen molar-refractivity contribution < 1.29 is 9.18 Å². The third kappa shape index (κ3) is 6.30. The van der Waals surface area contributed by atoms with Crippen molar-refractivity contribution in [2.45, 2.75) is 44.7 Å². The summed E-state index contributed by atoms with van der Waals surface area (Å²) in [6.07, 6.45) is 9.28. The number of nitriles is 1. The number of piperidine rings is 1. The second-order valence-electron chi connectivity index (χ2n) is 12.2. The van der Waals surface area contributed by atoms with Crippen molar-refractivity contribution >= 4 is 28.7 Å². The van der Waals surface area contributed by atoms with Gasteiger partial charge in [-0.2, -0.15) is 14.8 Å². The highest BCUT2D eigenvalue weighted by Crippen LogP contribution is 2.31. The van der Waals surface area contributed by atoms with E-state index in [9.17, 15) is 4.79 Å². The quantitative estimate of drug-likeness (QED) is 0.312. The average Bonchev–Trinajstić information content (AvgIpc) is 3.78. The molecule has 0 saturated carbocycles. The van der Waals surface area contributed by atoms with Gasteiger partial charge >= 0.3 is 0 Å². The van der Waals surface area contributed by atoms with Crippen LogP contribution in [-0.2, 0) is 11.3 Å². The number of carbonyl (C=O) groups excluding carboxylic acids is 1. The van der Waals surface area contributed by atoms with Crippen LogP contribution in [0, 0.1) is 17.1 Å². The molecule has 1 atom stereocenters. The first-order chi connectivity index (χ1) is 22.6. The van der Waals surface area contributed by atoms with E-state index in [1.807, 2.05) is 41.6 Å².